The van der Waals surface area contributed by atoms with Crippen LogP contribution in [0.3, 0.4) is 0 Å². The lowest BCUT2D eigenvalue weighted by Gasteiger charge is -2.46. The lowest BCUT2D eigenvalue weighted by atomic mass is 9.66. The molecule has 0 radical (unpaired) electrons. The van der Waals surface area contributed by atoms with Crippen LogP contribution in [0.15, 0.2) is 0 Å². The molecule has 4 unspecified atom stereocenters. The van der Waals surface area contributed by atoms with Crippen LogP contribution in [0.4, 0.5) is 0 Å². The summed E-state index contributed by atoms with van der Waals surface area (Å²) in [6.45, 7) is 9.02. The van der Waals surface area contributed by atoms with Gasteiger partial charge in [0.25, 0.3) is 0 Å². The molecule has 0 amide bonds. The summed E-state index contributed by atoms with van der Waals surface area (Å²) < 4.78 is 5.35. The predicted octanol–water partition coefficient (Wildman–Crippen LogP) is 1.57. The highest BCUT2D eigenvalue weighted by Crippen LogP contribution is 2.40. The van der Waals surface area contributed by atoms with Crippen LogP contribution >= 0.6 is 0 Å². The molecule has 0 saturated heterocycles. The molecule has 0 heterocycles. The van der Waals surface area contributed by atoms with Crippen LogP contribution in [0.25, 0.3) is 0 Å². The van der Waals surface area contributed by atoms with Gasteiger partial charge in [-0.25, -0.2) is 0 Å². The number of aliphatic hydroxyl groups excluding tert-OH is 3. The van der Waals surface area contributed by atoms with Crippen LogP contribution in [-0.2, 0) is 4.74 Å². The van der Waals surface area contributed by atoms with E-state index in [9.17, 15) is 15.3 Å². The van der Waals surface area contributed by atoms with E-state index in [1.54, 1.807) is 21.0 Å². The molecule has 4 heteroatoms. The molecule has 0 aliphatic carbocycles. The Morgan fingerprint density at radius 3 is 1.67 bits per heavy atom. The van der Waals surface area contributed by atoms with Crippen molar-refractivity contribution in [1.82, 2.24) is 0 Å². The second-order valence-corrected chi connectivity index (χ2v) is 5.62. The van der Waals surface area contributed by atoms with Gasteiger partial charge in [0, 0.05) is 7.11 Å². The quantitative estimate of drug-likeness (QED) is 0.621. The van der Waals surface area contributed by atoms with Crippen LogP contribution in [0, 0.1) is 11.3 Å². The average Bonchev–Trinajstić information content (AvgIpc) is 2.29. The van der Waals surface area contributed by atoms with E-state index < -0.39 is 23.7 Å². The van der Waals surface area contributed by atoms with Crippen molar-refractivity contribution < 1.29 is 20.1 Å². The summed E-state index contributed by atoms with van der Waals surface area (Å²) in [6.07, 6.45) is -1.25. The first-order valence-electron chi connectivity index (χ1n) is 6.80. The molecule has 3 N–H and O–H groups in total. The monoisotopic (exact) mass is 262 g/mol. The normalized spacial score (nSPS) is 22.3. The molecule has 18 heavy (non-hydrogen) atoms. The summed E-state index contributed by atoms with van der Waals surface area (Å²) >= 11 is 0. The van der Waals surface area contributed by atoms with Gasteiger partial charge in [0.15, 0.2) is 0 Å². The Labute approximate surface area is 111 Å². The zero-order chi connectivity index (χ0) is 14.5. The first kappa shape index (κ1) is 17.8. The Hall–Kier alpha value is -0.160. The second kappa shape index (κ2) is 7.43. The Bertz CT molecular complexity index is 214. The van der Waals surface area contributed by atoms with Gasteiger partial charge < -0.3 is 20.1 Å². The van der Waals surface area contributed by atoms with Gasteiger partial charge in [-0.15, -0.1) is 0 Å². The number of hydrogen-bond donors (Lipinski definition) is 3. The third-order valence-electron chi connectivity index (χ3n) is 4.11. The van der Waals surface area contributed by atoms with Gasteiger partial charge in [-0.2, -0.15) is 0 Å². The molecular weight excluding hydrogens is 232 g/mol. The topological polar surface area (TPSA) is 69.9 Å². The summed E-state index contributed by atoms with van der Waals surface area (Å²) in [7, 11) is 1.62. The first-order chi connectivity index (χ1) is 8.23. The molecular formula is C14H30O4. The van der Waals surface area contributed by atoms with Crippen molar-refractivity contribution in [1.29, 1.82) is 0 Å². The predicted molar refractivity (Wildman–Crippen MR) is 72.3 cm³/mol. The Kier molecular flexibility index (Phi) is 7.37. The van der Waals surface area contributed by atoms with Gasteiger partial charge in [0.2, 0.25) is 0 Å². The highest BCUT2D eigenvalue weighted by molar-refractivity contribution is 4.97. The molecule has 0 aliphatic rings. The molecule has 4 nitrogen and oxygen atoms in total. The fourth-order valence-corrected chi connectivity index (χ4v) is 2.71. The molecule has 0 bridgehead atoms. The van der Waals surface area contributed by atoms with Gasteiger partial charge in [0.1, 0.15) is 0 Å². The van der Waals surface area contributed by atoms with Crippen LogP contribution in [0.2, 0.25) is 0 Å². The van der Waals surface area contributed by atoms with Crippen LogP contribution in [-0.4, -0.2) is 46.8 Å². The standard InChI is InChI=1S/C14H30O4/c1-7-12(18-6)8-14(10(4)15,11(5)16)13(17)9(2)3/h9-13,15-17H,7-8H2,1-6H3. The Balaban J connectivity index is 5.35. The number of rotatable bonds is 8. The van der Waals surface area contributed by atoms with E-state index in [2.05, 4.69) is 0 Å². The third-order valence-corrected chi connectivity index (χ3v) is 4.11. The smallest absolute Gasteiger partial charge is 0.0669 e. The average molecular weight is 262 g/mol. The van der Waals surface area contributed by atoms with Crippen molar-refractivity contribution >= 4 is 0 Å². The summed E-state index contributed by atoms with van der Waals surface area (Å²) in [5.41, 5.74) is -0.954. The number of aliphatic hydroxyl groups is 3. The molecule has 0 fully saturated rings. The third kappa shape index (κ3) is 3.67. The Morgan fingerprint density at radius 2 is 1.44 bits per heavy atom. The SMILES string of the molecule is CCC(CC(C(C)O)(C(C)O)C(O)C(C)C)OC. The zero-order valence-corrected chi connectivity index (χ0v) is 12.6. The number of hydrogen-bond acceptors (Lipinski definition) is 4. The van der Waals surface area contributed by atoms with E-state index in [1.165, 1.54) is 0 Å². The van der Waals surface area contributed by atoms with Crippen LogP contribution in [0.1, 0.15) is 47.5 Å². The minimum absolute atomic E-state index is 0.0384. The van der Waals surface area contributed by atoms with Gasteiger partial charge in [-0.1, -0.05) is 20.8 Å². The Morgan fingerprint density at radius 1 is 1.00 bits per heavy atom. The maximum Gasteiger partial charge on any atom is 0.0669 e. The van der Waals surface area contributed by atoms with Crippen molar-refractivity contribution in [2.75, 3.05) is 7.11 Å². The maximum atomic E-state index is 10.4. The number of ether oxygens (including phenoxy) is 1. The molecule has 0 aromatic rings. The highest BCUT2D eigenvalue weighted by Gasteiger charge is 2.48. The summed E-state index contributed by atoms with van der Waals surface area (Å²) in [4.78, 5) is 0. The van der Waals surface area contributed by atoms with E-state index in [1.807, 2.05) is 20.8 Å². The van der Waals surface area contributed by atoms with Crippen molar-refractivity contribution in [3.63, 3.8) is 0 Å². The molecule has 0 spiro atoms. The van der Waals surface area contributed by atoms with E-state index in [-0.39, 0.29) is 12.0 Å². The van der Waals surface area contributed by atoms with Crippen molar-refractivity contribution in [2.24, 2.45) is 11.3 Å². The fraction of sp³-hybridized carbons (Fsp3) is 1.00. The van der Waals surface area contributed by atoms with Crippen molar-refractivity contribution in [2.45, 2.75) is 71.9 Å². The largest absolute Gasteiger partial charge is 0.393 e. The molecule has 0 aromatic heterocycles. The van der Waals surface area contributed by atoms with Gasteiger partial charge in [-0.3, -0.25) is 0 Å². The molecule has 0 aliphatic heterocycles. The summed E-state index contributed by atoms with van der Waals surface area (Å²) in [5, 5.41) is 30.7. The zero-order valence-electron chi connectivity index (χ0n) is 12.6. The number of methoxy groups -OCH3 is 1. The summed E-state index contributed by atoms with van der Waals surface area (Å²) in [5.74, 6) is -0.0384. The second-order valence-electron chi connectivity index (χ2n) is 5.62. The summed E-state index contributed by atoms with van der Waals surface area (Å²) in [6, 6.07) is 0. The van der Waals surface area contributed by atoms with E-state index >= 15 is 0 Å². The molecule has 0 rings (SSSR count). The van der Waals surface area contributed by atoms with Gasteiger partial charge in [-0.05, 0) is 32.6 Å². The fourth-order valence-electron chi connectivity index (χ4n) is 2.71. The van der Waals surface area contributed by atoms with Gasteiger partial charge >= 0.3 is 0 Å². The minimum atomic E-state index is -0.954. The van der Waals surface area contributed by atoms with Gasteiger partial charge in [0.05, 0.1) is 29.8 Å². The highest BCUT2D eigenvalue weighted by atomic mass is 16.5. The van der Waals surface area contributed by atoms with E-state index in [0.717, 1.165) is 6.42 Å². The molecule has 4 atom stereocenters. The maximum absolute atomic E-state index is 10.4. The van der Waals surface area contributed by atoms with Crippen LogP contribution < -0.4 is 0 Å². The molecule has 0 saturated carbocycles. The van der Waals surface area contributed by atoms with E-state index in [0.29, 0.717) is 6.42 Å². The molecule has 0 aromatic carbocycles. The minimum Gasteiger partial charge on any atom is -0.393 e. The van der Waals surface area contributed by atoms with Crippen LogP contribution in [0.5, 0.6) is 0 Å². The van der Waals surface area contributed by atoms with E-state index in [4.69, 9.17) is 4.74 Å². The lowest BCUT2D eigenvalue weighted by molar-refractivity contribution is -0.161. The van der Waals surface area contributed by atoms with Crippen molar-refractivity contribution in [3.8, 4) is 0 Å². The first-order valence-corrected chi connectivity index (χ1v) is 6.80. The lowest BCUT2D eigenvalue weighted by Crippen LogP contribution is -2.55. The molecule has 110 valence electrons. The van der Waals surface area contributed by atoms with Crippen molar-refractivity contribution in [3.05, 3.63) is 0 Å².